The third kappa shape index (κ3) is 6.56. The van der Waals surface area contributed by atoms with Crippen molar-refractivity contribution in [1.82, 2.24) is 0 Å². The average molecular weight is 206 g/mol. The minimum absolute atomic E-state index is 0.322. The zero-order valence-corrected chi connectivity index (χ0v) is 9.72. The summed E-state index contributed by atoms with van der Waals surface area (Å²) in [6.45, 7) is 12.3. The monoisotopic (exact) mass is 206 g/mol. The summed E-state index contributed by atoms with van der Waals surface area (Å²) in [4.78, 5) is 10.9. The van der Waals surface area contributed by atoms with Crippen molar-refractivity contribution >= 4 is 5.97 Å². The molecule has 0 N–H and O–H groups in total. The van der Waals surface area contributed by atoms with Crippen LogP contribution in [-0.2, 0) is 9.53 Å². The number of allylic oxidation sites excluding steroid dienone is 2. The van der Waals surface area contributed by atoms with Crippen LogP contribution in [0.15, 0.2) is 24.8 Å². The van der Waals surface area contributed by atoms with E-state index in [-0.39, 0.29) is 5.97 Å². The Kier molecular flexibility index (Phi) is 5.48. The van der Waals surface area contributed by atoms with E-state index in [2.05, 4.69) is 25.0 Å². The summed E-state index contributed by atoms with van der Waals surface area (Å²) in [7, 11) is 0. The highest BCUT2D eigenvalue weighted by molar-refractivity contribution is 5.67. The Bertz CT molecular complexity index is 317. The van der Waals surface area contributed by atoms with Crippen LogP contribution < -0.4 is 0 Å². The van der Waals surface area contributed by atoms with E-state index in [1.165, 1.54) is 6.92 Å². The molecular formula is C13H18O2. The van der Waals surface area contributed by atoms with Gasteiger partial charge in [-0.1, -0.05) is 24.5 Å². The van der Waals surface area contributed by atoms with E-state index in [1.54, 1.807) is 13.0 Å². The molecule has 2 nitrogen and oxygen atoms in total. The second kappa shape index (κ2) is 6.08. The lowest BCUT2D eigenvalue weighted by molar-refractivity contribution is -0.150. The van der Waals surface area contributed by atoms with Crippen LogP contribution >= 0.6 is 0 Å². The van der Waals surface area contributed by atoms with Gasteiger partial charge in [-0.25, -0.2) is 0 Å². The van der Waals surface area contributed by atoms with Crippen LogP contribution in [0.5, 0.6) is 0 Å². The van der Waals surface area contributed by atoms with Gasteiger partial charge in [-0.3, -0.25) is 4.79 Å². The van der Waals surface area contributed by atoms with Crippen molar-refractivity contribution in [3.8, 4) is 11.8 Å². The SMILES string of the molecule is C=CCCC(C)(C#CC(=C)C)OC(C)=O. The van der Waals surface area contributed by atoms with Crippen molar-refractivity contribution in [3.05, 3.63) is 24.8 Å². The van der Waals surface area contributed by atoms with E-state index in [4.69, 9.17) is 4.74 Å². The summed E-state index contributed by atoms with van der Waals surface area (Å²) in [5, 5.41) is 0. The first-order chi connectivity index (χ1) is 6.89. The third-order valence-electron chi connectivity index (χ3n) is 1.73. The van der Waals surface area contributed by atoms with Crippen molar-refractivity contribution in [2.75, 3.05) is 0 Å². The predicted octanol–water partition coefficient (Wildman–Crippen LogP) is 2.85. The van der Waals surface area contributed by atoms with Crippen LogP contribution in [0.1, 0.15) is 33.6 Å². The van der Waals surface area contributed by atoms with E-state index >= 15 is 0 Å². The second-order valence-corrected chi connectivity index (χ2v) is 3.68. The van der Waals surface area contributed by atoms with Gasteiger partial charge in [0.25, 0.3) is 0 Å². The third-order valence-corrected chi connectivity index (χ3v) is 1.73. The number of hydrogen-bond donors (Lipinski definition) is 0. The lowest BCUT2D eigenvalue weighted by Gasteiger charge is -2.22. The molecule has 0 spiro atoms. The number of esters is 1. The molecule has 1 unspecified atom stereocenters. The molecule has 1 atom stereocenters. The maximum atomic E-state index is 10.9. The van der Waals surface area contributed by atoms with Gasteiger partial charge in [0.05, 0.1) is 0 Å². The molecule has 2 heteroatoms. The van der Waals surface area contributed by atoms with E-state index in [0.717, 1.165) is 12.0 Å². The molecule has 0 fully saturated rings. The topological polar surface area (TPSA) is 26.3 Å². The van der Waals surface area contributed by atoms with Gasteiger partial charge in [0, 0.05) is 13.3 Å². The van der Waals surface area contributed by atoms with E-state index in [9.17, 15) is 4.79 Å². The summed E-state index contributed by atoms with van der Waals surface area (Å²) in [6, 6.07) is 0. The van der Waals surface area contributed by atoms with Crippen molar-refractivity contribution in [2.24, 2.45) is 0 Å². The van der Waals surface area contributed by atoms with E-state index in [1.807, 2.05) is 6.92 Å². The van der Waals surface area contributed by atoms with Crippen LogP contribution in [-0.4, -0.2) is 11.6 Å². The maximum absolute atomic E-state index is 10.9. The average Bonchev–Trinajstić information content (AvgIpc) is 2.11. The minimum Gasteiger partial charge on any atom is -0.446 e. The molecule has 0 aromatic heterocycles. The lowest BCUT2D eigenvalue weighted by Crippen LogP contribution is -2.29. The number of ether oxygens (including phenoxy) is 1. The highest BCUT2D eigenvalue weighted by Crippen LogP contribution is 2.17. The number of rotatable bonds is 4. The molecule has 0 saturated heterocycles. The van der Waals surface area contributed by atoms with E-state index in [0.29, 0.717) is 6.42 Å². The zero-order valence-electron chi connectivity index (χ0n) is 9.72. The summed E-state index contributed by atoms with van der Waals surface area (Å²) >= 11 is 0. The first-order valence-electron chi connectivity index (χ1n) is 4.89. The highest BCUT2D eigenvalue weighted by Gasteiger charge is 2.23. The van der Waals surface area contributed by atoms with Crippen molar-refractivity contribution < 1.29 is 9.53 Å². The van der Waals surface area contributed by atoms with Crippen LogP contribution in [0.4, 0.5) is 0 Å². The van der Waals surface area contributed by atoms with Crippen LogP contribution in [0, 0.1) is 11.8 Å². The Balaban J connectivity index is 4.69. The van der Waals surface area contributed by atoms with Crippen molar-refractivity contribution in [2.45, 2.75) is 39.2 Å². The molecular weight excluding hydrogens is 188 g/mol. The zero-order chi connectivity index (χ0) is 11.9. The number of carbonyl (C=O) groups is 1. The molecule has 0 aliphatic heterocycles. The number of hydrogen-bond acceptors (Lipinski definition) is 2. The van der Waals surface area contributed by atoms with Gasteiger partial charge in [-0.05, 0) is 25.8 Å². The fourth-order valence-electron chi connectivity index (χ4n) is 1.07. The molecule has 0 heterocycles. The smallest absolute Gasteiger partial charge is 0.304 e. The maximum Gasteiger partial charge on any atom is 0.304 e. The summed E-state index contributed by atoms with van der Waals surface area (Å²) in [5.74, 6) is 5.44. The molecule has 0 aliphatic carbocycles. The first kappa shape index (κ1) is 13.5. The van der Waals surface area contributed by atoms with Crippen LogP contribution in [0.3, 0.4) is 0 Å². The Morgan fingerprint density at radius 2 is 2.13 bits per heavy atom. The number of carbonyl (C=O) groups excluding carboxylic acids is 1. The van der Waals surface area contributed by atoms with Gasteiger partial charge in [0.1, 0.15) is 0 Å². The molecule has 0 radical (unpaired) electrons. The molecule has 0 bridgehead atoms. The Labute approximate surface area is 92.0 Å². The lowest BCUT2D eigenvalue weighted by atomic mass is 10.00. The summed E-state index contributed by atoms with van der Waals surface area (Å²) in [6.07, 6.45) is 3.19. The van der Waals surface area contributed by atoms with Crippen LogP contribution in [0.2, 0.25) is 0 Å². The van der Waals surface area contributed by atoms with Gasteiger partial charge < -0.3 is 4.74 Å². The molecule has 82 valence electrons. The Morgan fingerprint density at radius 1 is 1.53 bits per heavy atom. The summed E-state index contributed by atoms with van der Waals surface area (Å²) in [5.41, 5.74) is 0.0193. The van der Waals surface area contributed by atoms with Crippen LogP contribution in [0.25, 0.3) is 0 Å². The molecule has 15 heavy (non-hydrogen) atoms. The van der Waals surface area contributed by atoms with Gasteiger partial charge >= 0.3 is 5.97 Å². The minimum atomic E-state index is -0.737. The standard InChI is InChI=1S/C13H18O2/c1-6-7-9-13(5,15-12(4)14)10-8-11(2)3/h6H,1-2,7,9H2,3-5H3. The first-order valence-corrected chi connectivity index (χ1v) is 4.89. The van der Waals surface area contributed by atoms with Gasteiger partial charge in [-0.2, -0.15) is 0 Å². The normalized spacial score (nSPS) is 13.0. The summed E-state index contributed by atoms with van der Waals surface area (Å²) < 4.78 is 5.19. The molecule has 0 rings (SSSR count). The van der Waals surface area contributed by atoms with Gasteiger partial charge in [0.15, 0.2) is 5.60 Å². The largest absolute Gasteiger partial charge is 0.446 e. The van der Waals surface area contributed by atoms with Crippen molar-refractivity contribution in [1.29, 1.82) is 0 Å². The molecule has 0 aromatic rings. The molecule has 0 saturated carbocycles. The van der Waals surface area contributed by atoms with Crippen molar-refractivity contribution in [3.63, 3.8) is 0 Å². The second-order valence-electron chi connectivity index (χ2n) is 3.68. The van der Waals surface area contributed by atoms with Gasteiger partial charge in [-0.15, -0.1) is 6.58 Å². The Hall–Kier alpha value is -1.49. The van der Waals surface area contributed by atoms with Gasteiger partial charge in [0.2, 0.25) is 0 Å². The highest BCUT2D eigenvalue weighted by atomic mass is 16.6. The predicted molar refractivity (Wildman–Crippen MR) is 62.2 cm³/mol. The molecule has 0 amide bonds. The fraction of sp³-hybridized carbons (Fsp3) is 0.462. The molecule has 0 aromatic carbocycles. The molecule has 0 aliphatic rings. The quantitative estimate of drug-likeness (QED) is 0.401. The van der Waals surface area contributed by atoms with E-state index < -0.39 is 5.60 Å². The fourth-order valence-corrected chi connectivity index (χ4v) is 1.07. The Morgan fingerprint density at radius 3 is 2.53 bits per heavy atom.